The highest BCUT2D eigenvalue weighted by Crippen LogP contribution is 2.28. The molecule has 2 aromatic rings. The molecule has 0 aliphatic carbocycles. The van der Waals surface area contributed by atoms with Crippen molar-refractivity contribution in [3.63, 3.8) is 0 Å². The molecule has 2 nitrogen and oxygen atoms in total. The molecule has 0 unspecified atom stereocenters. The van der Waals surface area contributed by atoms with Crippen molar-refractivity contribution in [1.82, 2.24) is 0 Å². The van der Waals surface area contributed by atoms with Crippen LogP contribution in [0.25, 0.3) is 0 Å². The van der Waals surface area contributed by atoms with Crippen LogP contribution in [0.2, 0.25) is 0 Å². The molecule has 1 heterocycles. The summed E-state index contributed by atoms with van der Waals surface area (Å²) in [5.74, 6) is 0.0972. The number of aryl methyl sites for hydroxylation is 2. The van der Waals surface area contributed by atoms with Crippen LogP contribution in [0.1, 0.15) is 34.3 Å². The van der Waals surface area contributed by atoms with Gasteiger partial charge in [0.05, 0.1) is 0 Å². The number of amides is 1. The van der Waals surface area contributed by atoms with Gasteiger partial charge in [0.1, 0.15) is 0 Å². The van der Waals surface area contributed by atoms with Crippen LogP contribution in [0, 0.1) is 6.92 Å². The number of hydrogen-bond donors (Lipinski definition) is 0. The molecule has 0 radical (unpaired) electrons. The fourth-order valence-corrected chi connectivity index (χ4v) is 3.08. The van der Waals surface area contributed by atoms with Gasteiger partial charge in [0.15, 0.2) is 0 Å². The SMILES string of the molecule is Cc1cc(C(=O)N2CCCCc3ccccc32)ccc1Br. The Balaban J connectivity index is 1.99. The summed E-state index contributed by atoms with van der Waals surface area (Å²) in [4.78, 5) is 14.8. The quantitative estimate of drug-likeness (QED) is 0.732. The van der Waals surface area contributed by atoms with E-state index in [0.717, 1.165) is 47.1 Å². The van der Waals surface area contributed by atoms with Gasteiger partial charge in [-0.25, -0.2) is 0 Å². The maximum absolute atomic E-state index is 12.9. The number of benzene rings is 2. The molecule has 0 fully saturated rings. The Morgan fingerprint density at radius 1 is 1.14 bits per heavy atom. The van der Waals surface area contributed by atoms with Crippen LogP contribution in [0.15, 0.2) is 46.9 Å². The summed E-state index contributed by atoms with van der Waals surface area (Å²) in [6.45, 7) is 2.81. The minimum atomic E-state index is 0.0972. The number of halogens is 1. The number of hydrogen-bond acceptors (Lipinski definition) is 1. The van der Waals surface area contributed by atoms with Crippen LogP contribution in [-0.2, 0) is 6.42 Å². The molecule has 0 atom stereocenters. The first-order valence-electron chi connectivity index (χ1n) is 7.33. The highest BCUT2D eigenvalue weighted by atomic mass is 79.9. The number of anilines is 1. The molecule has 0 bridgehead atoms. The molecule has 2 aromatic carbocycles. The molecule has 0 aromatic heterocycles. The normalized spacial score (nSPS) is 14.5. The second-order valence-electron chi connectivity index (χ2n) is 5.51. The number of carbonyl (C=O) groups excluding carboxylic acids is 1. The summed E-state index contributed by atoms with van der Waals surface area (Å²) < 4.78 is 1.04. The monoisotopic (exact) mass is 343 g/mol. The third-order valence-corrected chi connectivity index (χ3v) is 4.90. The highest BCUT2D eigenvalue weighted by Gasteiger charge is 2.22. The summed E-state index contributed by atoms with van der Waals surface area (Å²) in [5.41, 5.74) is 4.19. The summed E-state index contributed by atoms with van der Waals surface area (Å²) in [7, 11) is 0. The second kappa shape index (κ2) is 6.02. The van der Waals surface area contributed by atoms with Gasteiger partial charge in [0.25, 0.3) is 5.91 Å². The van der Waals surface area contributed by atoms with E-state index in [1.54, 1.807) is 0 Å². The zero-order valence-corrected chi connectivity index (χ0v) is 13.7. The Bertz CT molecular complexity index is 681. The van der Waals surface area contributed by atoms with E-state index < -0.39 is 0 Å². The summed E-state index contributed by atoms with van der Waals surface area (Å²) >= 11 is 3.49. The first-order valence-corrected chi connectivity index (χ1v) is 8.12. The topological polar surface area (TPSA) is 20.3 Å². The van der Waals surface area contributed by atoms with Crippen molar-refractivity contribution >= 4 is 27.5 Å². The number of para-hydroxylation sites is 1. The Morgan fingerprint density at radius 2 is 1.95 bits per heavy atom. The van der Waals surface area contributed by atoms with E-state index in [2.05, 4.69) is 34.1 Å². The highest BCUT2D eigenvalue weighted by molar-refractivity contribution is 9.10. The Morgan fingerprint density at radius 3 is 2.76 bits per heavy atom. The van der Waals surface area contributed by atoms with E-state index in [0.29, 0.717) is 0 Å². The number of nitrogens with zero attached hydrogens (tertiary/aromatic N) is 1. The van der Waals surface area contributed by atoms with Crippen LogP contribution in [-0.4, -0.2) is 12.5 Å². The van der Waals surface area contributed by atoms with Gasteiger partial charge < -0.3 is 4.90 Å². The van der Waals surface area contributed by atoms with Gasteiger partial charge in [0, 0.05) is 22.3 Å². The van der Waals surface area contributed by atoms with Crippen molar-refractivity contribution < 1.29 is 4.79 Å². The minimum absolute atomic E-state index is 0.0972. The maximum atomic E-state index is 12.9. The molecular formula is C18H18BrNO. The van der Waals surface area contributed by atoms with Crippen LogP contribution in [0.3, 0.4) is 0 Å². The van der Waals surface area contributed by atoms with Gasteiger partial charge in [0.2, 0.25) is 0 Å². The number of fused-ring (bicyclic) bond motifs is 1. The van der Waals surface area contributed by atoms with Gasteiger partial charge in [-0.05, 0) is 61.6 Å². The average Bonchev–Trinajstić information content (AvgIpc) is 2.71. The molecule has 0 N–H and O–H groups in total. The van der Waals surface area contributed by atoms with Crippen LogP contribution in [0.4, 0.5) is 5.69 Å². The molecule has 3 rings (SSSR count). The van der Waals surface area contributed by atoms with E-state index in [1.807, 2.05) is 36.1 Å². The van der Waals surface area contributed by atoms with E-state index in [-0.39, 0.29) is 5.91 Å². The summed E-state index contributed by atoms with van der Waals surface area (Å²) in [6.07, 6.45) is 3.25. The third kappa shape index (κ3) is 2.88. The Hall–Kier alpha value is -1.61. The van der Waals surface area contributed by atoms with Crippen molar-refractivity contribution in [3.05, 3.63) is 63.6 Å². The van der Waals surface area contributed by atoms with Crippen molar-refractivity contribution in [2.24, 2.45) is 0 Å². The molecule has 3 heteroatoms. The van der Waals surface area contributed by atoms with Crippen molar-refractivity contribution in [3.8, 4) is 0 Å². The van der Waals surface area contributed by atoms with Crippen LogP contribution >= 0.6 is 15.9 Å². The van der Waals surface area contributed by atoms with Gasteiger partial charge >= 0.3 is 0 Å². The molecular weight excluding hydrogens is 326 g/mol. The van der Waals surface area contributed by atoms with Gasteiger partial charge in [-0.2, -0.15) is 0 Å². The minimum Gasteiger partial charge on any atom is -0.308 e. The lowest BCUT2D eigenvalue weighted by Crippen LogP contribution is -2.31. The number of carbonyl (C=O) groups is 1. The second-order valence-corrected chi connectivity index (χ2v) is 6.36. The third-order valence-electron chi connectivity index (χ3n) is 4.01. The maximum Gasteiger partial charge on any atom is 0.258 e. The summed E-state index contributed by atoms with van der Waals surface area (Å²) in [6, 6.07) is 14.1. The lowest BCUT2D eigenvalue weighted by atomic mass is 10.1. The van der Waals surface area contributed by atoms with Gasteiger partial charge in [-0.1, -0.05) is 34.1 Å². The van der Waals surface area contributed by atoms with E-state index in [9.17, 15) is 4.79 Å². The Kier molecular flexibility index (Phi) is 4.11. The zero-order valence-electron chi connectivity index (χ0n) is 12.1. The molecule has 1 amide bonds. The largest absolute Gasteiger partial charge is 0.308 e. The fraction of sp³-hybridized carbons (Fsp3) is 0.278. The van der Waals surface area contributed by atoms with E-state index in [4.69, 9.17) is 0 Å². The lowest BCUT2D eigenvalue weighted by molar-refractivity contribution is 0.0987. The van der Waals surface area contributed by atoms with Gasteiger partial charge in [-0.3, -0.25) is 4.79 Å². The molecule has 1 aliphatic heterocycles. The smallest absolute Gasteiger partial charge is 0.258 e. The predicted molar refractivity (Wildman–Crippen MR) is 89.9 cm³/mol. The van der Waals surface area contributed by atoms with E-state index in [1.165, 1.54) is 5.56 Å². The molecule has 1 aliphatic rings. The number of rotatable bonds is 1. The fourth-order valence-electron chi connectivity index (χ4n) is 2.84. The molecule has 0 saturated carbocycles. The predicted octanol–water partition coefficient (Wildman–Crippen LogP) is 4.74. The molecule has 108 valence electrons. The summed E-state index contributed by atoms with van der Waals surface area (Å²) in [5, 5.41) is 0. The van der Waals surface area contributed by atoms with Crippen molar-refractivity contribution in [2.45, 2.75) is 26.2 Å². The Labute approximate surface area is 133 Å². The first kappa shape index (κ1) is 14.3. The molecule has 0 spiro atoms. The van der Waals surface area contributed by atoms with Crippen LogP contribution in [0.5, 0.6) is 0 Å². The van der Waals surface area contributed by atoms with Crippen molar-refractivity contribution in [1.29, 1.82) is 0 Å². The first-order chi connectivity index (χ1) is 10.2. The zero-order chi connectivity index (χ0) is 14.8. The van der Waals surface area contributed by atoms with Crippen molar-refractivity contribution in [2.75, 3.05) is 11.4 Å². The molecule has 21 heavy (non-hydrogen) atoms. The molecule has 0 saturated heterocycles. The van der Waals surface area contributed by atoms with E-state index >= 15 is 0 Å². The standard InChI is InChI=1S/C18H18BrNO/c1-13-12-15(9-10-16(13)19)18(21)20-11-5-4-7-14-6-2-3-8-17(14)20/h2-3,6,8-10,12H,4-5,7,11H2,1H3. The lowest BCUT2D eigenvalue weighted by Gasteiger charge is -2.23. The van der Waals surface area contributed by atoms with Crippen LogP contribution < -0.4 is 4.90 Å². The average molecular weight is 344 g/mol. The van der Waals surface area contributed by atoms with Gasteiger partial charge in [-0.15, -0.1) is 0 Å².